The second kappa shape index (κ2) is 5.48. The first-order valence-corrected chi connectivity index (χ1v) is 7.99. The summed E-state index contributed by atoms with van der Waals surface area (Å²) in [4.78, 5) is 1.45. The van der Waals surface area contributed by atoms with Crippen molar-refractivity contribution in [3.8, 4) is 0 Å². The molecule has 2 heteroatoms. The summed E-state index contributed by atoms with van der Waals surface area (Å²) >= 11 is 1.86. The van der Waals surface area contributed by atoms with Gasteiger partial charge in [-0.3, -0.25) is 0 Å². The highest BCUT2D eigenvalue weighted by molar-refractivity contribution is 7.10. The standard InChI is InChI=1S/C17H21NS/c1-12-10-11-19-17(12)16(18-2)15-9-4-3-8-14(15)13-6-5-7-13/h3-4,8-11,13,16,18H,5-7H2,1-2H3. The van der Waals surface area contributed by atoms with Gasteiger partial charge in [-0.25, -0.2) is 0 Å². The van der Waals surface area contributed by atoms with Gasteiger partial charge in [0.25, 0.3) is 0 Å². The molecule has 19 heavy (non-hydrogen) atoms. The van der Waals surface area contributed by atoms with Crippen molar-refractivity contribution in [2.24, 2.45) is 0 Å². The smallest absolute Gasteiger partial charge is 0.0674 e. The van der Waals surface area contributed by atoms with Crippen molar-refractivity contribution >= 4 is 11.3 Å². The molecular weight excluding hydrogens is 250 g/mol. The summed E-state index contributed by atoms with van der Waals surface area (Å²) in [6.07, 6.45) is 4.11. The number of nitrogens with one attached hydrogen (secondary N) is 1. The summed E-state index contributed by atoms with van der Waals surface area (Å²) in [5, 5.41) is 5.71. The minimum absolute atomic E-state index is 0.344. The van der Waals surface area contributed by atoms with Crippen molar-refractivity contribution in [3.05, 3.63) is 57.3 Å². The fourth-order valence-electron chi connectivity index (χ4n) is 2.97. The molecule has 100 valence electrons. The van der Waals surface area contributed by atoms with E-state index < -0.39 is 0 Å². The van der Waals surface area contributed by atoms with E-state index in [1.807, 2.05) is 11.3 Å². The molecule has 1 nitrogen and oxygen atoms in total. The SMILES string of the molecule is CNC(c1ccccc1C1CCC1)c1sccc1C. The summed E-state index contributed by atoms with van der Waals surface area (Å²) < 4.78 is 0. The molecule has 0 saturated heterocycles. The van der Waals surface area contributed by atoms with Gasteiger partial charge in [-0.15, -0.1) is 11.3 Å². The zero-order valence-electron chi connectivity index (χ0n) is 11.6. The van der Waals surface area contributed by atoms with Gasteiger partial charge >= 0.3 is 0 Å². The zero-order chi connectivity index (χ0) is 13.2. The predicted molar refractivity (Wildman–Crippen MR) is 83.0 cm³/mol. The lowest BCUT2D eigenvalue weighted by atomic mass is 9.77. The number of hydrogen-bond acceptors (Lipinski definition) is 2. The van der Waals surface area contributed by atoms with Gasteiger partial charge in [-0.05, 0) is 60.9 Å². The summed E-state index contributed by atoms with van der Waals surface area (Å²) in [6.45, 7) is 2.21. The molecular formula is C17H21NS. The Morgan fingerprint density at radius 3 is 2.58 bits per heavy atom. The van der Waals surface area contributed by atoms with Crippen molar-refractivity contribution in [3.63, 3.8) is 0 Å². The largest absolute Gasteiger partial charge is 0.309 e. The highest BCUT2D eigenvalue weighted by Gasteiger charge is 2.25. The van der Waals surface area contributed by atoms with E-state index in [0.29, 0.717) is 6.04 Å². The van der Waals surface area contributed by atoms with Crippen molar-refractivity contribution < 1.29 is 0 Å². The number of aryl methyl sites for hydroxylation is 1. The first-order chi connectivity index (χ1) is 9.31. The van der Waals surface area contributed by atoms with E-state index in [4.69, 9.17) is 0 Å². The van der Waals surface area contributed by atoms with Gasteiger partial charge in [-0.1, -0.05) is 30.7 Å². The van der Waals surface area contributed by atoms with Gasteiger partial charge in [-0.2, -0.15) is 0 Å². The van der Waals surface area contributed by atoms with Crippen molar-refractivity contribution in [2.75, 3.05) is 7.05 Å². The van der Waals surface area contributed by atoms with Crippen LogP contribution in [-0.2, 0) is 0 Å². The molecule has 1 aliphatic rings. The normalized spacial score (nSPS) is 17.2. The minimum atomic E-state index is 0.344. The number of hydrogen-bond donors (Lipinski definition) is 1. The molecule has 0 spiro atoms. The summed E-state index contributed by atoms with van der Waals surface area (Å²) in [5.41, 5.74) is 4.42. The predicted octanol–water partition coefficient (Wildman–Crippen LogP) is 4.63. The quantitative estimate of drug-likeness (QED) is 0.854. The van der Waals surface area contributed by atoms with E-state index in [2.05, 4.69) is 55.0 Å². The maximum atomic E-state index is 3.52. The molecule has 0 amide bonds. The Bertz CT molecular complexity index is 554. The molecule has 3 rings (SSSR count). The molecule has 1 atom stereocenters. The fraction of sp³-hybridized carbons (Fsp3) is 0.412. The third-order valence-corrected chi connectivity index (χ3v) is 5.39. The highest BCUT2D eigenvalue weighted by atomic mass is 32.1. The third kappa shape index (κ3) is 2.35. The van der Waals surface area contributed by atoms with Crippen molar-refractivity contribution in [2.45, 2.75) is 38.1 Å². The van der Waals surface area contributed by atoms with E-state index in [9.17, 15) is 0 Å². The molecule has 1 N–H and O–H groups in total. The first-order valence-electron chi connectivity index (χ1n) is 7.11. The van der Waals surface area contributed by atoms with Crippen LogP contribution in [0.4, 0.5) is 0 Å². The van der Waals surface area contributed by atoms with Crippen LogP contribution in [0.15, 0.2) is 35.7 Å². The number of rotatable bonds is 4. The van der Waals surface area contributed by atoms with Crippen LogP contribution in [0.25, 0.3) is 0 Å². The first kappa shape index (κ1) is 12.9. The van der Waals surface area contributed by atoms with Crippen LogP contribution in [0.2, 0.25) is 0 Å². The van der Waals surface area contributed by atoms with Crippen LogP contribution in [0.5, 0.6) is 0 Å². The van der Waals surface area contributed by atoms with Crippen molar-refractivity contribution in [1.82, 2.24) is 5.32 Å². The number of benzene rings is 1. The molecule has 2 aromatic rings. The van der Waals surface area contributed by atoms with E-state index >= 15 is 0 Å². The van der Waals surface area contributed by atoms with E-state index in [1.54, 1.807) is 5.56 Å². The maximum Gasteiger partial charge on any atom is 0.0674 e. The summed E-state index contributed by atoms with van der Waals surface area (Å²) in [5.74, 6) is 0.785. The Morgan fingerprint density at radius 1 is 1.21 bits per heavy atom. The molecule has 1 aromatic heterocycles. The van der Waals surface area contributed by atoms with E-state index in [-0.39, 0.29) is 0 Å². The number of thiophene rings is 1. The second-order valence-corrected chi connectivity index (χ2v) is 6.39. The van der Waals surface area contributed by atoms with Crippen LogP contribution in [0.1, 0.15) is 52.8 Å². The Kier molecular flexibility index (Phi) is 3.72. The molecule has 1 heterocycles. The van der Waals surface area contributed by atoms with Crippen LogP contribution < -0.4 is 5.32 Å². The molecule has 1 aliphatic carbocycles. The molecule has 1 saturated carbocycles. The Morgan fingerprint density at radius 2 is 2.00 bits per heavy atom. The topological polar surface area (TPSA) is 12.0 Å². The Hall–Kier alpha value is -1.12. The summed E-state index contributed by atoms with van der Waals surface area (Å²) in [6, 6.07) is 11.5. The van der Waals surface area contributed by atoms with E-state index in [1.165, 1.54) is 35.3 Å². The lowest BCUT2D eigenvalue weighted by Crippen LogP contribution is -2.21. The third-order valence-electron chi connectivity index (χ3n) is 4.30. The fourth-order valence-corrected chi connectivity index (χ4v) is 4.03. The Labute approximate surface area is 119 Å². The summed E-state index contributed by atoms with van der Waals surface area (Å²) in [7, 11) is 2.07. The zero-order valence-corrected chi connectivity index (χ0v) is 12.5. The van der Waals surface area contributed by atoms with Crippen LogP contribution in [0, 0.1) is 6.92 Å². The minimum Gasteiger partial charge on any atom is -0.309 e. The van der Waals surface area contributed by atoms with Gasteiger partial charge in [0.1, 0.15) is 0 Å². The monoisotopic (exact) mass is 271 g/mol. The lowest BCUT2D eigenvalue weighted by molar-refractivity contribution is 0.415. The average molecular weight is 271 g/mol. The maximum absolute atomic E-state index is 3.52. The van der Waals surface area contributed by atoms with Crippen LogP contribution in [-0.4, -0.2) is 7.05 Å². The van der Waals surface area contributed by atoms with E-state index in [0.717, 1.165) is 5.92 Å². The van der Waals surface area contributed by atoms with Gasteiger partial charge < -0.3 is 5.32 Å². The average Bonchev–Trinajstić information content (AvgIpc) is 2.77. The molecule has 0 bridgehead atoms. The van der Waals surface area contributed by atoms with Gasteiger partial charge in [0.05, 0.1) is 6.04 Å². The second-order valence-electron chi connectivity index (χ2n) is 5.45. The molecule has 1 aromatic carbocycles. The van der Waals surface area contributed by atoms with Crippen LogP contribution in [0.3, 0.4) is 0 Å². The van der Waals surface area contributed by atoms with Gasteiger partial charge in [0.15, 0.2) is 0 Å². The molecule has 1 fully saturated rings. The highest BCUT2D eigenvalue weighted by Crippen LogP contribution is 2.41. The molecule has 0 aliphatic heterocycles. The molecule has 1 unspecified atom stereocenters. The van der Waals surface area contributed by atoms with Crippen molar-refractivity contribution in [1.29, 1.82) is 0 Å². The van der Waals surface area contributed by atoms with Crippen LogP contribution >= 0.6 is 11.3 Å². The lowest BCUT2D eigenvalue weighted by Gasteiger charge is -2.30. The van der Waals surface area contributed by atoms with Gasteiger partial charge in [0.2, 0.25) is 0 Å². The molecule has 0 radical (unpaired) electrons. The van der Waals surface area contributed by atoms with Gasteiger partial charge in [0, 0.05) is 4.88 Å². The Balaban J connectivity index is 2.02.